The lowest BCUT2D eigenvalue weighted by atomic mass is 9.93. The molecule has 0 unspecified atom stereocenters. The maximum atomic E-state index is 12.7. The van der Waals surface area contributed by atoms with Gasteiger partial charge >= 0.3 is 0 Å². The van der Waals surface area contributed by atoms with Crippen molar-refractivity contribution in [2.24, 2.45) is 5.92 Å². The normalized spacial score (nSPS) is 28.1. The minimum Gasteiger partial charge on any atom is -0.342 e. The standard InChI is InChI=1S/C17H23N3O4S/c21-16-9-14(20-7-2-4-15(20)18-16)12-3-1-6-19(10-12)17(22)13-5-8-25(23,24)11-13/h9,12-13H,1-8,10-11H2/t12-,13-/m1/s1. The third-order valence-electron chi connectivity index (χ3n) is 5.65. The molecule has 1 aromatic heterocycles. The maximum Gasteiger partial charge on any atom is 0.273 e. The summed E-state index contributed by atoms with van der Waals surface area (Å²) in [7, 11) is -3.06. The molecule has 8 heteroatoms. The highest BCUT2D eigenvalue weighted by Crippen LogP contribution is 2.30. The van der Waals surface area contributed by atoms with E-state index in [0.717, 1.165) is 43.7 Å². The van der Waals surface area contributed by atoms with Crippen LogP contribution in [0.2, 0.25) is 0 Å². The number of carbonyl (C=O) groups is 1. The quantitative estimate of drug-likeness (QED) is 0.753. The number of aryl methyl sites for hydroxylation is 1. The average molecular weight is 365 g/mol. The van der Waals surface area contributed by atoms with Crippen molar-refractivity contribution in [2.75, 3.05) is 24.6 Å². The molecule has 2 fully saturated rings. The van der Waals surface area contributed by atoms with Gasteiger partial charge in [0.05, 0.1) is 17.4 Å². The van der Waals surface area contributed by atoms with E-state index in [0.29, 0.717) is 19.5 Å². The summed E-state index contributed by atoms with van der Waals surface area (Å²) >= 11 is 0. The van der Waals surface area contributed by atoms with Crippen LogP contribution in [0.3, 0.4) is 0 Å². The number of carbonyl (C=O) groups excluding carboxylic acids is 1. The summed E-state index contributed by atoms with van der Waals surface area (Å²) in [5.74, 6) is 0.653. The molecule has 0 bridgehead atoms. The topological polar surface area (TPSA) is 89.3 Å². The number of hydrogen-bond acceptors (Lipinski definition) is 5. The van der Waals surface area contributed by atoms with Gasteiger partial charge in [0.25, 0.3) is 5.56 Å². The Morgan fingerprint density at radius 1 is 1.20 bits per heavy atom. The van der Waals surface area contributed by atoms with E-state index in [2.05, 4.69) is 9.55 Å². The fraction of sp³-hybridized carbons (Fsp3) is 0.706. The molecule has 0 saturated carbocycles. The van der Waals surface area contributed by atoms with E-state index in [-0.39, 0.29) is 28.9 Å². The molecule has 4 heterocycles. The molecule has 3 aliphatic heterocycles. The van der Waals surface area contributed by atoms with Crippen LogP contribution in [-0.4, -0.2) is 53.4 Å². The number of aromatic nitrogens is 2. The zero-order valence-corrected chi connectivity index (χ0v) is 15.0. The highest BCUT2D eigenvalue weighted by molar-refractivity contribution is 7.91. The number of amides is 1. The molecule has 0 radical (unpaired) electrons. The fourth-order valence-corrected chi connectivity index (χ4v) is 6.16. The van der Waals surface area contributed by atoms with E-state index in [1.54, 1.807) is 6.07 Å². The van der Waals surface area contributed by atoms with Crippen LogP contribution >= 0.6 is 0 Å². The predicted octanol–water partition coefficient (Wildman–Crippen LogP) is 0.330. The first-order valence-electron chi connectivity index (χ1n) is 9.03. The third kappa shape index (κ3) is 3.23. The zero-order chi connectivity index (χ0) is 17.6. The van der Waals surface area contributed by atoms with E-state index in [1.807, 2.05) is 4.90 Å². The molecule has 0 aromatic carbocycles. The largest absolute Gasteiger partial charge is 0.342 e. The fourth-order valence-electron chi connectivity index (χ4n) is 4.42. The monoisotopic (exact) mass is 365 g/mol. The molecular formula is C17H23N3O4S. The maximum absolute atomic E-state index is 12.7. The summed E-state index contributed by atoms with van der Waals surface area (Å²) in [6.45, 7) is 2.12. The number of rotatable bonds is 2. The predicted molar refractivity (Wildman–Crippen MR) is 92.1 cm³/mol. The van der Waals surface area contributed by atoms with Crippen LogP contribution in [0.5, 0.6) is 0 Å². The molecule has 0 aliphatic carbocycles. The van der Waals surface area contributed by atoms with Gasteiger partial charge in [-0.05, 0) is 25.7 Å². The summed E-state index contributed by atoms with van der Waals surface area (Å²) in [6, 6.07) is 1.62. The van der Waals surface area contributed by atoms with E-state index in [4.69, 9.17) is 0 Å². The number of likely N-dealkylation sites (tertiary alicyclic amines) is 1. The Hall–Kier alpha value is -1.70. The van der Waals surface area contributed by atoms with Gasteiger partial charge in [-0.3, -0.25) is 9.59 Å². The van der Waals surface area contributed by atoms with E-state index in [9.17, 15) is 18.0 Å². The van der Waals surface area contributed by atoms with Gasteiger partial charge in [0.15, 0.2) is 9.84 Å². The molecule has 0 spiro atoms. The van der Waals surface area contributed by atoms with Crippen LogP contribution in [0.25, 0.3) is 0 Å². The second kappa shape index (κ2) is 6.23. The van der Waals surface area contributed by atoms with Crippen LogP contribution in [0.15, 0.2) is 10.9 Å². The first-order valence-corrected chi connectivity index (χ1v) is 10.8. The van der Waals surface area contributed by atoms with Crippen molar-refractivity contribution >= 4 is 15.7 Å². The Kier molecular flexibility index (Phi) is 4.17. The number of piperidine rings is 1. The van der Waals surface area contributed by atoms with Crippen molar-refractivity contribution in [2.45, 2.75) is 44.6 Å². The van der Waals surface area contributed by atoms with Crippen LogP contribution < -0.4 is 5.56 Å². The van der Waals surface area contributed by atoms with Gasteiger partial charge in [-0.25, -0.2) is 8.42 Å². The summed E-state index contributed by atoms with van der Waals surface area (Å²) in [6.07, 6.45) is 4.08. The summed E-state index contributed by atoms with van der Waals surface area (Å²) in [5.41, 5.74) is 0.789. The van der Waals surface area contributed by atoms with Crippen LogP contribution in [0, 0.1) is 5.92 Å². The Morgan fingerprint density at radius 2 is 2.04 bits per heavy atom. The summed E-state index contributed by atoms with van der Waals surface area (Å²) in [4.78, 5) is 30.6. The van der Waals surface area contributed by atoms with Gasteiger partial charge in [0.2, 0.25) is 5.91 Å². The molecule has 1 aromatic rings. The SMILES string of the molecule is O=C([C@@H]1CCS(=O)(=O)C1)N1CCC[C@@H](c2cc(=O)nc3n2CCC3)C1. The molecule has 136 valence electrons. The van der Waals surface area contributed by atoms with Crippen molar-refractivity contribution in [1.82, 2.24) is 14.5 Å². The Morgan fingerprint density at radius 3 is 2.80 bits per heavy atom. The number of sulfone groups is 1. The third-order valence-corrected chi connectivity index (χ3v) is 7.42. The van der Waals surface area contributed by atoms with Crippen molar-refractivity contribution in [1.29, 1.82) is 0 Å². The molecule has 0 N–H and O–H groups in total. The lowest BCUT2D eigenvalue weighted by Gasteiger charge is -2.35. The molecule has 4 rings (SSSR count). The highest BCUT2D eigenvalue weighted by Gasteiger charge is 2.37. The van der Waals surface area contributed by atoms with Crippen molar-refractivity contribution in [3.63, 3.8) is 0 Å². The van der Waals surface area contributed by atoms with E-state index >= 15 is 0 Å². The van der Waals surface area contributed by atoms with E-state index < -0.39 is 15.8 Å². The van der Waals surface area contributed by atoms with E-state index in [1.165, 1.54) is 0 Å². The highest BCUT2D eigenvalue weighted by atomic mass is 32.2. The zero-order valence-electron chi connectivity index (χ0n) is 14.2. The first-order chi connectivity index (χ1) is 11.9. The molecule has 25 heavy (non-hydrogen) atoms. The van der Waals surface area contributed by atoms with Gasteiger partial charge in [0.1, 0.15) is 5.82 Å². The van der Waals surface area contributed by atoms with Crippen molar-refractivity contribution < 1.29 is 13.2 Å². The van der Waals surface area contributed by atoms with Gasteiger partial charge in [-0.1, -0.05) is 0 Å². The lowest BCUT2D eigenvalue weighted by molar-refractivity contribution is -0.136. The van der Waals surface area contributed by atoms with Crippen molar-refractivity contribution in [3.8, 4) is 0 Å². The van der Waals surface area contributed by atoms with Gasteiger partial charge in [0, 0.05) is 43.7 Å². The van der Waals surface area contributed by atoms with Crippen molar-refractivity contribution in [3.05, 3.63) is 27.9 Å². The average Bonchev–Trinajstić information content (AvgIpc) is 3.19. The summed E-state index contributed by atoms with van der Waals surface area (Å²) in [5, 5.41) is 0. The second-order valence-electron chi connectivity index (χ2n) is 7.41. The minimum absolute atomic E-state index is 0.0168. The molecule has 2 saturated heterocycles. The Bertz CT molecular complexity index is 861. The number of fused-ring (bicyclic) bond motifs is 1. The molecule has 7 nitrogen and oxygen atoms in total. The van der Waals surface area contributed by atoms with Gasteiger partial charge in [-0.15, -0.1) is 0 Å². The smallest absolute Gasteiger partial charge is 0.273 e. The van der Waals surface area contributed by atoms with Crippen LogP contribution in [0.4, 0.5) is 0 Å². The van der Waals surface area contributed by atoms with Gasteiger partial charge < -0.3 is 9.47 Å². The lowest BCUT2D eigenvalue weighted by Crippen LogP contribution is -2.43. The number of nitrogens with zero attached hydrogens (tertiary/aromatic N) is 3. The molecular weight excluding hydrogens is 342 g/mol. The molecule has 2 atom stereocenters. The molecule has 3 aliphatic rings. The van der Waals surface area contributed by atoms with Crippen LogP contribution in [0.1, 0.15) is 43.1 Å². The summed E-state index contributed by atoms with van der Waals surface area (Å²) < 4.78 is 25.5. The Balaban J connectivity index is 1.54. The van der Waals surface area contributed by atoms with Crippen LogP contribution in [-0.2, 0) is 27.6 Å². The number of hydrogen-bond donors (Lipinski definition) is 0. The Labute approximate surface area is 147 Å². The van der Waals surface area contributed by atoms with Gasteiger partial charge in [-0.2, -0.15) is 4.98 Å². The minimum atomic E-state index is -3.06. The first kappa shape index (κ1) is 16.8. The second-order valence-corrected chi connectivity index (χ2v) is 9.64. The molecule has 1 amide bonds.